The molecule has 0 bridgehead atoms. The van der Waals surface area contributed by atoms with Crippen LogP contribution in [0.15, 0.2) is 54.7 Å². The molecule has 1 aliphatic carbocycles. The molecule has 1 saturated carbocycles. The lowest BCUT2D eigenvalue weighted by Gasteiger charge is -2.39. The normalized spacial score (nSPS) is 19.2. The van der Waals surface area contributed by atoms with E-state index in [1.54, 1.807) is 12.3 Å². The first-order valence-electron chi connectivity index (χ1n) is 13.4. The van der Waals surface area contributed by atoms with E-state index in [1.165, 1.54) is 5.56 Å². The summed E-state index contributed by atoms with van der Waals surface area (Å²) in [5.41, 5.74) is 5.58. The van der Waals surface area contributed by atoms with E-state index >= 15 is 0 Å². The summed E-state index contributed by atoms with van der Waals surface area (Å²) in [5.74, 6) is 0.119. The van der Waals surface area contributed by atoms with Gasteiger partial charge in [-0.3, -0.25) is 19.1 Å². The molecular formula is C30H35N5O3. The minimum Gasteiger partial charge on any atom is -0.353 e. The van der Waals surface area contributed by atoms with Gasteiger partial charge in [-0.15, -0.1) is 0 Å². The number of carbonyl (C=O) groups is 3. The molecule has 2 aliphatic rings. The van der Waals surface area contributed by atoms with Crippen molar-refractivity contribution in [3.63, 3.8) is 0 Å². The standard InChI is InChI=1S/C30H35N5O3/c1-4-28(36)32-25-12-11-22(15-25)29(37)33-26-16-23(6-5-19(26)2)30(38)35-17-24(18-35)20-7-9-21(10-8-20)27-13-14-31-34(27)3/h5-10,13-14,16,22,24-25H,4,11-12,15,17-18H2,1-3H3,(H,32,36)(H,33,37)/t22-,25+/m1/s1. The highest BCUT2D eigenvalue weighted by Crippen LogP contribution is 2.31. The highest BCUT2D eigenvalue weighted by atomic mass is 16.2. The molecule has 3 aromatic rings. The predicted molar refractivity (Wildman–Crippen MR) is 147 cm³/mol. The molecule has 0 radical (unpaired) electrons. The van der Waals surface area contributed by atoms with Gasteiger partial charge in [-0.05, 0) is 61.1 Å². The van der Waals surface area contributed by atoms with Crippen LogP contribution in [0, 0.1) is 12.8 Å². The van der Waals surface area contributed by atoms with Crippen LogP contribution in [0.25, 0.3) is 11.3 Å². The van der Waals surface area contributed by atoms with Crippen LogP contribution >= 0.6 is 0 Å². The Kier molecular flexibility index (Phi) is 7.31. The first-order chi connectivity index (χ1) is 18.3. The fourth-order valence-electron chi connectivity index (χ4n) is 5.43. The Balaban J connectivity index is 1.17. The van der Waals surface area contributed by atoms with E-state index in [2.05, 4.69) is 40.0 Å². The fourth-order valence-corrected chi connectivity index (χ4v) is 5.43. The lowest BCUT2D eigenvalue weighted by molar-refractivity contribution is -0.122. The number of hydrogen-bond acceptors (Lipinski definition) is 4. The second-order valence-electron chi connectivity index (χ2n) is 10.5. The fraction of sp³-hybridized carbons (Fsp3) is 0.400. The summed E-state index contributed by atoms with van der Waals surface area (Å²) in [7, 11) is 1.93. The molecule has 2 heterocycles. The number of nitrogens with zero attached hydrogens (tertiary/aromatic N) is 3. The van der Waals surface area contributed by atoms with Crippen molar-refractivity contribution in [2.24, 2.45) is 13.0 Å². The van der Waals surface area contributed by atoms with E-state index in [9.17, 15) is 14.4 Å². The molecule has 38 heavy (non-hydrogen) atoms. The summed E-state index contributed by atoms with van der Waals surface area (Å²) in [6, 6.07) is 16.0. The number of likely N-dealkylation sites (tertiary alicyclic amines) is 1. The Morgan fingerprint density at radius 1 is 1.03 bits per heavy atom. The smallest absolute Gasteiger partial charge is 0.253 e. The van der Waals surface area contributed by atoms with Crippen molar-refractivity contribution in [1.29, 1.82) is 0 Å². The Morgan fingerprint density at radius 3 is 2.47 bits per heavy atom. The molecule has 8 nitrogen and oxygen atoms in total. The van der Waals surface area contributed by atoms with Crippen LogP contribution in [0.4, 0.5) is 5.69 Å². The van der Waals surface area contributed by atoms with E-state index in [0.717, 1.165) is 29.7 Å². The number of anilines is 1. The summed E-state index contributed by atoms with van der Waals surface area (Å²) in [4.78, 5) is 39.7. The molecule has 3 amide bonds. The molecule has 5 rings (SSSR count). The zero-order chi connectivity index (χ0) is 26.8. The molecule has 0 spiro atoms. The maximum Gasteiger partial charge on any atom is 0.253 e. The molecule has 0 unspecified atom stereocenters. The highest BCUT2D eigenvalue weighted by Gasteiger charge is 2.33. The topological polar surface area (TPSA) is 96.3 Å². The summed E-state index contributed by atoms with van der Waals surface area (Å²) >= 11 is 0. The van der Waals surface area contributed by atoms with Crippen molar-refractivity contribution < 1.29 is 14.4 Å². The van der Waals surface area contributed by atoms with Gasteiger partial charge in [0.1, 0.15) is 0 Å². The minimum absolute atomic E-state index is 0.0213. The molecule has 2 N–H and O–H groups in total. The molecular weight excluding hydrogens is 478 g/mol. The van der Waals surface area contributed by atoms with E-state index in [0.29, 0.717) is 43.1 Å². The van der Waals surface area contributed by atoms with Gasteiger partial charge >= 0.3 is 0 Å². The van der Waals surface area contributed by atoms with Crippen molar-refractivity contribution in [2.75, 3.05) is 18.4 Å². The van der Waals surface area contributed by atoms with Crippen molar-refractivity contribution in [3.05, 3.63) is 71.4 Å². The number of benzene rings is 2. The average Bonchev–Trinajstić information content (AvgIpc) is 3.53. The van der Waals surface area contributed by atoms with Gasteiger partial charge in [0, 0.05) is 61.9 Å². The number of rotatable bonds is 7. The molecule has 1 saturated heterocycles. The zero-order valence-corrected chi connectivity index (χ0v) is 22.2. The number of aromatic nitrogens is 2. The molecule has 2 atom stereocenters. The van der Waals surface area contributed by atoms with Crippen LogP contribution in [-0.4, -0.2) is 51.5 Å². The van der Waals surface area contributed by atoms with Gasteiger partial charge in [0.25, 0.3) is 5.91 Å². The van der Waals surface area contributed by atoms with Gasteiger partial charge < -0.3 is 15.5 Å². The van der Waals surface area contributed by atoms with Crippen molar-refractivity contribution in [3.8, 4) is 11.3 Å². The largest absolute Gasteiger partial charge is 0.353 e. The summed E-state index contributed by atoms with van der Waals surface area (Å²) < 4.78 is 1.86. The van der Waals surface area contributed by atoms with E-state index < -0.39 is 0 Å². The number of amides is 3. The maximum absolute atomic E-state index is 13.2. The molecule has 1 aliphatic heterocycles. The van der Waals surface area contributed by atoms with E-state index in [-0.39, 0.29) is 29.7 Å². The molecule has 2 fully saturated rings. The van der Waals surface area contributed by atoms with E-state index in [4.69, 9.17) is 0 Å². The quantitative estimate of drug-likeness (QED) is 0.493. The lowest BCUT2D eigenvalue weighted by Crippen LogP contribution is -2.48. The Morgan fingerprint density at radius 2 is 1.79 bits per heavy atom. The van der Waals surface area contributed by atoms with Crippen molar-refractivity contribution in [1.82, 2.24) is 20.0 Å². The summed E-state index contributed by atoms with van der Waals surface area (Å²) in [6.45, 7) is 5.10. The van der Waals surface area contributed by atoms with Crippen LogP contribution in [-0.2, 0) is 16.6 Å². The lowest BCUT2D eigenvalue weighted by atomic mass is 9.90. The number of carbonyl (C=O) groups excluding carboxylic acids is 3. The number of aryl methyl sites for hydroxylation is 2. The van der Waals surface area contributed by atoms with Gasteiger partial charge in [-0.25, -0.2) is 0 Å². The molecule has 1 aromatic heterocycles. The van der Waals surface area contributed by atoms with Crippen molar-refractivity contribution >= 4 is 23.4 Å². The monoisotopic (exact) mass is 513 g/mol. The van der Waals surface area contributed by atoms with Gasteiger partial charge in [-0.2, -0.15) is 5.10 Å². The second kappa shape index (κ2) is 10.8. The third kappa shape index (κ3) is 5.35. The average molecular weight is 514 g/mol. The second-order valence-corrected chi connectivity index (χ2v) is 10.5. The van der Waals surface area contributed by atoms with Crippen LogP contribution in [0.5, 0.6) is 0 Å². The molecule has 2 aromatic carbocycles. The highest BCUT2D eigenvalue weighted by molar-refractivity contribution is 5.98. The third-order valence-electron chi connectivity index (χ3n) is 7.90. The Labute approximate surface area is 223 Å². The maximum atomic E-state index is 13.2. The minimum atomic E-state index is -0.142. The number of nitrogens with one attached hydrogen (secondary N) is 2. The zero-order valence-electron chi connectivity index (χ0n) is 22.2. The first-order valence-corrected chi connectivity index (χ1v) is 13.4. The van der Waals surface area contributed by atoms with Gasteiger partial charge in [0.2, 0.25) is 11.8 Å². The molecule has 198 valence electrons. The van der Waals surface area contributed by atoms with Crippen LogP contribution in [0.3, 0.4) is 0 Å². The van der Waals surface area contributed by atoms with Crippen molar-refractivity contribution in [2.45, 2.75) is 51.5 Å². The predicted octanol–water partition coefficient (Wildman–Crippen LogP) is 4.27. The SMILES string of the molecule is CCC(=O)N[C@H]1CC[C@@H](C(=O)Nc2cc(C(=O)N3CC(c4ccc(-c5ccnn5C)cc4)C3)ccc2C)C1. The summed E-state index contributed by atoms with van der Waals surface area (Å²) in [6.07, 6.45) is 4.44. The summed E-state index contributed by atoms with van der Waals surface area (Å²) in [5, 5.41) is 10.3. The van der Waals surface area contributed by atoms with Gasteiger partial charge in [0.05, 0.1) is 5.69 Å². The van der Waals surface area contributed by atoms with Crippen LogP contribution in [0.2, 0.25) is 0 Å². The van der Waals surface area contributed by atoms with Gasteiger partial charge in [0.15, 0.2) is 0 Å². The third-order valence-corrected chi connectivity index (χ3v) is 7.90. The van der Waals surface area contributed by atoms with Gasteiger partial charge in [-0.1, -0.05) is 37.3 Å². The van der Waals surface area contributed by atoms with Crippen LogP contribution in [0.1, 0.15) is 60.0 Å². The van der Waals surface area contributed by atoms with Crippen LogP contribution < -0.4 is 10.6 Å². The first kappa shape index (κ1) is 25.7. The number of hydrogen-bond donors (Lipinski definition) is 2. The van der Waals surface area contributed by atoms with E-state index in [1.807, 2.05) is 48.7 Å². The Bertz CT molecular complexity index is 1340. The Hall–Kier alpha value is -3.94. The molecule has 8 heteroatoms.